The highest BCUT2D eigenvalue weighted by atomic mass is 32.1. The van der Waals surface area contributed by atoms with E-state index in [0.717, 1.165) is 34.1 Å². The molecule has 1 atom stereocenters. The number of amides is 1. The van der Waals surface area contributed by atoms with Gasteiger partial charge in [-0.05, 0) is 36.6 Å². The topological polar surface area (TPSA) is 42.4 Å². The minimum atomic E-state index is -0.450. The first-order valence-electron chi connectivity index (χ1n) is 9.62. The molecular formula is C23H24N2O2S. The van der Waals surface area contributed by atoms with E-state index in [2.05, 4.69) is 43.5 Å². The van der Waals surface area contributed by atoms with Crippen molar-refractivity contribution >= 4 is 22.9 Å². The third-order valence-electron chi connectivity index (χ3n) is 4.76. The smallest absolute Gasteiger partial charge is 0.267 e. The summed E-state index contributed by atoms with van der Waals surface area (Å²) in [5.41, 5.74) is 4.04. The quantitative estimate of drug-likeness (QED) is 0.601. The highest BCUT2D eigenvalue weighted by molar-refractivity contribution is 7.10. The van der Waals surface area contributed by atoms with E-state index in [0.29, 0.717) is 12.5 Å². The summed E-state index contributed by atoms with van der Waals surface area (Å²) in [4.78, 5) is 19.3. The Labute approximate surface area is 169 Å². The number of hydrogen-bond acceptors (Lipinski definition) is 4. The second-order valence-corrected chi connectivity index (χ2v) is 8.52. The molecule has 4 rings (SSSR count). The predicted octanol–water partition coefficient (Wildman–Crippen LogP) is 5.17. The van der Waals surface area contributed by atoms with Gasteiger partial charge in [0, 0.05) is 23.9 Å². The van der Waals surface area contributed by atoms with Crippen LogP contribution >= 0.6 is 11.3 Å². The maximum atomic E-state index is 12.7. The fraction of sp³-hybridized carbons (Fsp3) is 0.304. The number of nitrogens with zero attached hydrogens (tertiary/aromatic N) is 2. The van der Waals surface area contributed by atoms with Crippen molar-refractivity contribution in [2.24, 2.45) is 5.92 Å². The number of rotatable bonds is 5. The minimum absolute atomic E-state index is 0.0152. The number of carbonyl (C=O) groups is 1. The van der Waals surface area contributed by atoms with Gasteiger partial charge < -0.3 is 9.64 Å². The average molecular weight is 393 g/mol. The van der Waals surface area contributed by atoms with Crippen LogP contribution in [0.1, 0.15) is 31.3 Å². The van der Waals surface area contributed by atoms with Crippen molar-refractivity contribution in [1.29, 1.82) is 0 Å². The number of aromatic nitrogens is 1. The molecule has 0 spiro atoms. The number of benzene rings is 2. The van der Waals surface area contributed by atoms with Gasteiger partial charge in [0.2, 0.25) is 0 Å². The Kier molecular flexibility index (Phi) is 5.18. The third kappa shape index (κ3) is 3.80. The molecule has 0 radical (unpaired) electrons. The van der Waals surface area contributed by atoms with Gasteiger partial charge >= 0.3 is 0 Å². The van der Waals surface area contributed by atoms with Crippen LogP contribution in [0.2, 0.25) is 0 Å². The first-order chi connectivity index (χ1) is 13.5. The van der Waals surface area contributed by atoms with Crippen LogP contribution in [0.15, 0.2) is 53.9 Å². The van der Waals surface area contributed by atoms with E-state index in [1.807, 2.05) is 36.1 Å². The van der Waals surface area contributed by atoms with E-state index in [-0.39, 0.29) is 5.91 Å². The molecule has 1 aliphatic heterocycles. The van der Waals surface area contributed by atoms with Crippen molar-refractivity contribution in [1.82, 2.24) is 4.98 Å². The zero-order valence-electron chi connectivity index (χ0n) is 16.4. The zero-order valence-corrected chi connectivity index (χ0v) is 17.2. The summed E-state index contributed by atoms with van der Waals surface area (Å²) in [6.45, 7) is 6.72. The summed E-state index contributed by atoms with van der Waals surface area (Å²) < 4.78 is 5.82. The SMILES string of the molecule is CC(C)CN1C(=O)C(C)Oc2ccc(-c3csc(Cc4ccccc4)n3)cc21. The van der Waals surface area contributed by atoms with Gasteiger partial charge in [-0.2, -0.15) is 0 Å². The summed E-state index contributed by atoms with van der Waals surface area (Å²) in [5, 5.41) is 3.17. The summed E-state index contributed by atoms with van der Waals surface area (Å²) >= 11 is 1.67. The van der Waals surface area contributed by atoms with Crippen molar-refractivity contribution in [3.05, 3.63) is 64.5 Å². The number of thiazole rings is 1. The lowest BCUT2D eigenvalue weighted by atomic mass is 10.1. The Morgan fingerprint density at radius 2 is 1.96 bits per heavy atom. The average Bonchev–Trinajstić information content (AvgIpc) is 3.14. The fourth-order valence-electron chi connectivity index (χ4n) is 3.41. The van der Waals surface area contributed by atoms with Crippen LogP contribution < -0.4 is 9.64 Å². The van der Waals surface area contributed by atoms with E-state index in [1.54, 1.807) is 11.3 Å². The molecule has 5 heteroatoms. The van der Waals surface area contributed by atoms with Gasteiger partial charge in [-0.3, -0.25) is 4.79 Å². The van der Waals surface area contributed by atoms with Crippen molar-refractivity contribution in [2.45, 2.75) is 33.3 Å². The van der Waals surface area contributed by atoms with Gasteiger partial charge in [0.05, 0.1) is 16.4 Å². The first kappa shape index (κ1) is 18.7. The van der Waals surface area contributed by atoms with Gasteiger partial charge in [0.15, 0.2) is 6.10 Å². The van der Waals surface area contributed by atoms with Crippen LogP contribution in [0, 0.1) is 5.92 Å². The normalized spacial score (nSPS) is 16.2. The molecule has 144 valence electrons. The minimum Gasteiger partial charge on any atom is -0.479 e. The molecule has 0 N–H and O–H groups in total. The van der Waals surface area contributed by atoms with E-state index < -0.39 is 6.10 Å². The second kappa shape index (κ2) is 7.76. The molecule has 1 aromatic heterocycles. The van der Waals surface area contributed by atoms with E-state index in [1.165, 1.54) is 5.56 Å². The Balaban J connectivity index is 1.63. The molecule has 1 amide bonds. The van der Waals surface area contributed by atoms with Crippen LogP contribution in [0.3, 0.4) is 0 Å². The molecule has 1 aliphatic rings. The second-order valence-electron chi connectivity index (χ2n) is 7.57. The summed E-state index contributed by atoms with van der Waals surface area (Å²) in [7, 11) is 0. The van der Waals surface area contributed by atoms with Gasteiger partial charge in [-0.25, -0.2) is 4.98 Å². The van der Waals surface area contributed by atoms with Crippen LogP contribution in [-0.4, -0.2) is 23.5 Å². The molecule has 0 aliphatic carbocycles. The lowest BCUT2D eigenvalue weighted by Crippen LogP contribution is -2.46. The van der Waals surface area contributed by atoms with Crippen molar-refractivity contribution in [2.75, 3.05) is 11.4 Å². The molecule has 3 aromatic rings. The van der Waals surface area contributed by atoms with E-state index >= 15 is 0 Å². The fourth-order valence-corrected chi connectivity index (χ4v) is 4.25. The van der Waals surface area contributed by atoms with Crippen molar-refractivity contribution in [3.63, 3.8) is 0 Å². The van der Waals surface area contributed by atoms with Gasteiger partial charge in [-0.15, -0.1) is 11.3 Å². The van der Waals surface area contributed by atoms with Crippen LogP contribution in [0.4, 0.5) is 5.69 Å². The highest BCUT2D eigenvalue weighted by Gasteiger charge is 2.32. The van der Waals surface area contributed by atoms with Crippen LogP contribution in [-0.2, 0) is 11.2 Å². The molecule has 2 aromatic carbocycles. The highest BCUT2D eigenvalue weighted by Crippen LogP contribution is 2.38. The molecule has 0 saturated carbocycles. The van der Waals surface area contributed by atoms with Crippen LogP contribution in [0.25, 0.3) is 11.3 Å². The van der Waals surface area contributed by atoms with E-state index in [4.69, 9.17) is 9.72 Å². The summed E-state index contributed by atoms with van der Waals surface area (Å²) in [5.74, 6) is 1.15. The largest absolute Gasteiger partial charge is 0.479 e. The number of fused-ring (bicyclic) bond motifs is 1. The number of anilines is 1. The lowest BCUT2D eigenvalue weighted by Gasteiger charge is -2.34. The standard InChI is InChI=1S/C23H24N2O2S/c1-15(2)13-25-20-12-18(9-10-21(20)27-16(3)23(25)26)19-14-28-22(24-19)11-17-7-5-4-6-8-17/h4-10,12,14-16H,11,13H2,1-3H3. The number of ether oxygens (including phenoxy) is 1. The number of carbonyl (C=O) groups excluding carboxylic acids is 1. The van der Waals surface area contributed by atoms with Crippen molar-refractivity contribution < 1.29 is 9.53 Å². The molecule has 4 nitrogen and oxygen atoms in total. The predicted molar refractivity (Wildman–Crippen MR) is 114 cm³/mol. The third-order valence-corrected chi connectivity index (χ3v) is 5.61. The Hall–Kier alpha value is -2.66. The summed E-state index contributed by atoms with van der Waals surface area (Å²) in [6.07, 6.45) is 0.378. The Morgan fingerprint density at radius 1 is 1.18 bits per heavy atom. The molecule has 2 heterocycles. The Bertz CT molecular complexity index is 981. The molecule has 1 unspecified atom stereocenters. The Morgan fingerprint density at radius 3 is 2.71 bits per heavy atom. The first-order valence-corrected chi connectivity index (χ1v) is 10.5. The monoisotopic (exact) mass is 392 g/mol. The van der Waals surface area contributed by atoms with Gasteiger partial charge in [-0.1, -0.05) is 44.2 Å². The molecule has 28 heavy (non-hydrogen) atoms. The molecule has 0 saturated heterocycles. The molecule has 0 fully saturated rings. The molecular weight excluding hydrogens is 368 g/mol. The van der Waals surface area contributed by atoms with Gasteiger partial charge in [0.1, 0.15) is 5.75 Å². The maximum Gasteiger partial charge on any atom is 0.267 e. The van der Waals surface area contributed by atoms with E-state index in [9.17, 15) is 4.79 Å². The zero-order chi connectivity index (χ0) is 19.7. The maximum absolute atomic E-state index is 12.7. The lowest BCUT2D eigenvalue weighted by molar-refractivity contribution is -0.125. The number of hydrogen-bond donors (Lipinski definition) is 0. The van der Waals surface area contributed by atoms with Crippen molar-refractivity contribution in [3.8, 4) is 17.0 Å². The molecule has 0 bridgehead atoms. The van der Waals surface area contributed by atoms with Gasteiger partial charge in [0.25, 0.3) is 5.91 Å². The van der Waals surface area contributed by atoms with Crippen LogP contribution in [0.5, 0.6) is 5.75 Å². The summed E-state index contributed by atoms with van der Waals surface area (Å²) in [6, 6.07) is 16.4.